The number of hydrogen-bond donors (Lipinski definition) is 3. The van der Waals surface area contributed by atoms with Gasteiger partial charge in [-0.15, -0.1) is 0 Å². The van der Waals surface area contributed by atoms with Gasteiger partial charge in [0.2, 0.25) is 10.0 Å². The van der Waals surface area contributed by atoms with Gasteiger partial charge in [0.1, 0.15) is 6.04 Å². The fourth-order valence-corrected chi connectivity index (χ4v) is 6.07. The molecule has 0 heterocycles. The number of nitrogens with zero attached hydrogens (tertiary/aromatic N) is 1. The summed E-state index contributed by atoms with van der Waals surface area (Å²) in [5, 5.41) is 14.4. The van der Waals surface area contributed by atoms with Crippen molar-refractivity contribution in [3.05, 3.63) is 102 Å². The van der Waals surface area contributed by atoms with Crippen LogP contribution in [0.25, 0.3) is 10.8 Å². The minimum Gasteiger partial charge on any atom is -0.356 e. The van der Waals surface area contributed by atoms with Crippen LogP contribution in [-0.4, -0.2) is 29.9 Å². The first-order chi connectivity index (χ1) is 17.7. The summed E-state index contributed by atoms with van der Waals surface area (Å²) in [5.74, 6) is -1.16. The van der Waals surface area contributed by atoms with Crippen LogP contribution in [0.5, 0.6) is 0 Å². The van der Waals surface area contributed by atoms with E-state index in [1.165, 1.54) is 5.56 Å². The van der Waals surface area contributed by atoms with Crippen LogP contribution in [0.2, 0.25) is 0 Å². The lowest BCUT2D eigenvalue weighted by Gasteiger charge is -2.32. The number of fused-ring (bicyclic) bond motifs is 1. The number of nitrogens with one attached hydrogen (secondary N) is 2. The van der Waals surface area contributed by atoms with Crippen molar-refractivity contribution in [3.63, 3.8) is 0 Å². The highest BCUT2D eigenvalue weighted by Gasteiger charge is 2.38. The summed E-state index contributed by atoms with van der Waals surface area (Å²) in [7, 11) is -4.11. The molecule has 0 aliphatic rings. The van der Waals surface area contributed by atoms with Crippen molar-refractivity contribution in [2.24, 2.45) is 5.92 Å². The first-order valence-corrected chi connectivity index (χ1v) is 13.5. The number of anilines is 2. The molecular formula is C29H31N3O4S. The standard InChI is InChI=1S/C29H31N3O4S/c1-20(2)28(29(33)31-34)32(19-22-7-5-4-6-8-22)37(35,36)27-16-12-23-17-26(15-11-24(23)18-27)30-25-13-9-21(3)10-14-25/h4-18,20,28,30,34H,19H2,1-3H3,(H,31,33)/t28-/m1/s1. The van der Waals surface area contributed by atoms with E-state index in [0.717, 1.165) is 32.0 Å². The second-order valence-corrected chi connectivity index (χ2v) is 11.3. The van der Waals surface area contributed by atoms with Crippen molar-refractivity contribution < 1.29 is 18.4 Å². The molecule has 8 heteroatoms. The van der Waals surface area contributed by atoms with Crippen molar-refractivity contribution in [2.75, 3.05) is 5.32 Å². The summed E-state index contributed by atoms with van der Waals surface area (Å²) in [6.07, 6.45) is 0. The zero-order chi connectivity index (χ0) is 26.6. The van der Waals surface area contributed by atoms with Crippen LogP contribution in [0.3, 0.4) is 0 Å². The van der Waals surface area contributed by atoms with E-state index in [1.54, 1.807) is 49.7 Å². The van der Waals surface area contributed by atoms with E-state index in [4.69, 9.17) is 0 Å². The van der Waals surface area contributed by atoms with Gasteiger partial charge in [-0.05, 0) is 65.6 Å². The van der Waals surface area contributed by atoms with Crippen LogP contribution in [-0.2, 0) is 21.4 Å². The number of benzene rings is 4. The normalized spacial score (nSPS) is 12.6. The predicted molar refractivity (Wildman–Crippen MR) is 146 cm³/mol. The molecule has 0 aliphatic carbocycles. The maximum Gasteiger partial charge on any atom is 0.262 e. The molecular weight excluding hydrogens is 486 g/mol. The van der Waals surface area contributed by atoms with Crippen molar-refractivity contribution in [1.82, 2.24) is 9.79 Å². The van der Waals surface area contributed by atoms with Gasteiger partial charge in [-0.25, -0.2) is 13.9 Å². The van der Waals surface area contributed by atoms with E-state index in [1.807, 2.05) is 67.6 Å². The Labute approximate surface area is 217 Å². The van der Waals surface area contributed by atoms with Gasteiger partial charge in [0.25, 0.3) is 5.91 Å². The minimum atomic E-state index is -4.11. The number of sulfonamides is 1. The van der Waals surface area contributed by atoms with Crippen molar-refractivity contribution in [2.45, 2.75) is 38.3 Å². The fraction of sp³-hybridized carbons (Fsp3) is 0.207. The Morgan fingerprint density at radius 3 is 2.14 bits per heavy atom. The minimum absolute atomic E-state index is 0.0170. The van der Waals surface area contributed by atoms with Crippen LogP contribution >= 0.6 is 0 Å². The Morgan fingerprint density at radius 2 is 1.49 bits per heavy atom. The Morgan fingerprint density at radius 1 is 0.865 bits per heavy atom. The highest BCUT2D eigenvalue weighted by Crippen LogP contribution is 2.29. The van der Waals surface area contributed by atoms with Gasteiger partial charge >= 0.3 is 0 Å². The Hall–Kier alpha value is -3.72. The zero-order valence-corrected chi connectivity index (χ0v) is 21.9. The smallest absolute Gasteiger partial charge is 0.262 e. The summed E-state index contributed by atoms with van der Waals surface area (Å²) in [4.78, 5) is 12.7. The zero-order valence-electron chi connectivity index (χ0n) is 21.0. The molecule has 3 N–H and O–H groups in total. The van der Waals surface area contributed by atoms with E-state index in [2.05, 4.69) is 5.32 Å². The molecule has 1 amide bonds. The monoisotopic (exact) mass is 517 g/mol. The van der Waals surface area contributed by atoms with Gasteiger partial charge in [-0.3, -0.25) is 10.0 Å². The topological polar surface area (TPSA) is 98.7 Å². The second kappa shape index (κ2) is 11.1. The molecule has 4 rings (SSSR count). The molecule has 0 unspecified atom stereocenters. The number of hydroxylamine groups is 1. The van der Waals surface area contributed by atoms with Crippen molar-refractivity contribution in [3.8, 4) is 0 Å². The number of hydrogen-bond acceptors (Lipinski definition) is 5. The van der Waals surface area contributed by atoms with Gasteiger partial charge < -0.3 is 5.32 Å². The molecule has 0 spiro atoms. The Kier molecular flexibility index (Phi) is 7.92. The molecule has 0 aliphatic heterocycles. The summed E-state index contributed by atoms with van der Waals surface area (Å²) < 4.78 is 29.0. The van der Waals surface area contributed by atoms with E-state index < -0.39 is 22.0 Å². The molecule has 0 bridgehead atoms. The molecule has 7 nitrogen and oxygen atoms in total. The number of rotatable bonds is 9. The maximum atomic E-state index is 13.9. The summed E-state index contributed by atoms with van der Waals surface area (Å²) in [5.41, 5.74) is 5.40. The lowest BCUT2D eigenvalue weighted by atomic mass is 10.0. The third-order valence-corrected chi connectivity index (χ3v) is 8.08. The highest BCUT2D eigenvalue weighted by molar-refractivity contribution is 7.89. The van der Waals surface area contributed by atoms with Gasteiger partial charge in [-0.2, -0.15) is 4.31 Å². The molecule has 37 heavy (non-hydrogen) atoms. The van der Waals surface area contributed by atoms with Gasteiger partial charge in [0.05, 0.1) is 4.90 Å². The van der Waals surface area contributed by atoms with Crippen molar-refractivity contribution in [1.29, 1.82) is 0 Å². The highest BCUT2D eigenvalue weighted by atomic mass is 32.2. The van der Waals surface area contributed by atoms with E-state index in [0.29, 0.717) is 0 Å². The Balaban J connectivity index is 1.70. The molecule has 0 radical (unpaired) electrons. The largest absolute Gasteiger partial charge is 0.356 e. The summed E-state index contributed by atoms with van der Waals surface area (Å²) >= 11 is 0. The molecule has 0 fully saturated rings. The van der Waals surface area contributed by atoms with Crippen LogP contribution in [0, 0.1) is 12.8 Å². The number of carbonyl (C=O) groups excluding carboxylic acids is 1. The molecule has 0 saturated carbocycles. The van der Waals surface area contributed by atoms with Crippen LogP contribution < -0.4 is 10.8 Å². The predicted octanol–water partition coefficient (Wildman–Crippen LogP) is 5.61. The fourth-order valence-electron chi connectivity index (χ4n) is 4.33. The molecule has 1 atom stereocenters. The third-order valence-electron chi connectivity index (χ3n) is 6.26. The lowest BCUT2D eigenvalue weighted by molar-refractivity contribution is -0.134. The molecule has 4 aromatic rings. The van der Waals surface area contributed by atoms with E-state index in [9.17, 15) is 18.4 Å². The quantitative estimate of drug-likeness (QED) is 0.198. The maximum absolute atomic E-state index is 13.9. The molecule has 0 saturated heterocycles. The third kappa shape index (κ3) is 5.99. The lowest BCUT2D eigenvalue weighted by Crippen LogP contribution is -2.51. The van der Waals surface area contributed by atoms with Gasteiger partial charge in [-0.1, -0.05) is 74.0 Å². The number of aryl methyl sites for hydroxylation is 1. The average molecular weight is 518 g/mol. The van der Waals surface area contributed by atoms with E-state index >= 15 is 0 Å². The van der Waals surface area contributed by atoms with E-state index in [-0.39, 0.29) is 17.4 Å². The van der Waals surface area contributed by atoms with Crippen molar-refractivity contribution >= 4 is 38.1 Å². The summed E-state index contributed by atoms with van der Waals surface area (Å²) in [6.45, 7) is 5.51. The van der Waals surface area contributed by atoms with Gasteiger partial charge in [0, 0.05) is 17.9 Å². The van der Waals surface area contributed by atoms with Crippen LogP contribution in [0.1, 0.15) is 25.0 Å². The van der Waals surface area contributed by atoms with Crippen LogP contribution in [0.4, 0.5) is 11.4 Å². The average Bonchev–Trinajstić information content (AvgIpc) is 2.89. The first kappa shape index (κ1) is 26.3. The molecule has 4 aromatic carbocycles. The van der Waals surface area contributed by atoms with Gasteiger partial charge in [0.15, 0.2) is 0 Å². The Bertz CT molecular complexity index is 1490. The number of amides is 1. The second-order valence-electron chi connectivity index (χ2n) is 9.42. The van der Waals surface area contributed by atoms with Crippen LogP contribution in [0.15, 0.2) is 95.9 Å². The SMILES string of the molecule is Cc1ccc(Nc2ccc3cc(S(=O)(=O)N(Cc4ccccc4)[C@@H](C(=O)NO)C(C)C)ccc3c2)cc1. The molecule has 192 valence electrons. The number of carbonyl (C=O) groups is 1. The first-order valence-electron chi connectivity index (χ1n) is 12.1. The summed E-state index contributed by atoms with van der Waals surface area (Å²) in [6, 6.07) is 26.7. The molecule has 0 aromatic heterocycles.